The molecule has 3 rings (SSSR count). The van der Waals surface area contributed by atoms with Gasteiger partial charge in [0.05, 0.1) is 0 Å². The Balaban J connectivity index is 2.15. The fourth-order valence-corrected chi connectivity index (χ4v) is 2.67. The minimum Gasteiger partial charge on any atom is -0.488 e. The average Bonchev–Trinajstić information content (AvgIpc) is 2.81. The molecule has 1 heterocycles. The Morgan fingerprint density at radius 3 is 2.70 bits per heavy atom. The normalized spacial score (nSPS) is 16.9. The van der Waals surface area contributed by atoms with E-state index in [1.807, 2.05) is 0 Å². The zero-order valence-electron chi connectivity index (χ0n) is 10.5. The summed E-state index contributed by atoms with van der Waals surface area (Å²) in [7, 11) is 0. The highest BCUT2D eigenvalue weighted by Crippen LogP contribution is 2.41. The van der Waals surface area contributed by atoms with Crippen molar-refractivity contribution >= 4 is 11.6 Å². The lowest BCUT2D eigenvalue weighted by Crippen LogP contribution is -2.24. The van der Waals surface area contributed by atoms with Gasteiger partial charge in [-0.05, 0) is 29.8 Å². The fourth-order valence-electron chi connectivity index (χ4n) is 2.43. The molecule has 2 aromatic carbocycles. The zero-order valence-corrected chi connectivity index (χ0v) is 11.3. The topological polar surface area (TPSA) is 35.2 Å². The van der Waals surface area contributed by atoms with E-state index in [1.54, 1.807) is 12.1 Å². The van der Waals surface area contributed by atoms with Crippen LogP contribution in [0.3, 0.4) is 0 Å². The number of halogens is 3. The average molecular weight is 296 g/mol. The quantitative estimate of drug-likeness (QED) is 0.919. The van der Waals surface area contributed by atoms with Crippen LogP contribution in [-0.2, 0) is 6.42 Å². The molecule has 0 aromatic heterocycles. The Morgan fingerprint density at radius 1 is 1.20 bits per heavy atom. The van der Waals surface area contributed by atoms with Crippen LogP contribution in [0.5, 0.6) is 5.75 Å². The van der Waals surface area contributed by atoms with Crippen LogP contribution in [0.2, 0.25) is 5.02 Å². The summed E-state index contributed by atoms with van der Waals surface area (Å²) in [6.07, 6.45) is 0.507. The first-order valence-corrected chi connectivity index (χ1v) is 6.61. The summed E-state index contributed by atoms with van der Waals surface area (Å²) in [5.41, 5.74) is 7.30. The Labute approximate surface area is 120 Å². The van der Waals surface area contributed by atoms with Crippen LogP contribution in [0, 0.1) is 11.6 Å². The van der Waals surface area contributed by atoms with Crippen LogP contribution in [-0.4, -0.2) is 12.6 Å². The van der Waals surface area contributed by atoms with Crippen LogP contribution in [0.25, 0.3) is 11.1 Å². The number of rotatable bonds is 2. The maximum Gasteiger partial charge on any atom is 0.134 e. The third kappa shape index (κ3) is 2.25. The zero-order chi connectivity index (χ0) is 14.3. The van der Waals surface area contributed by atoms with Crippen LogP contribution in [0.15, 0.2) is 30.3 Å². The van der Waals surface area contributed by atoms with E-state index in [-0.39, 0.29) is 11.7 Å². The van der Waals surface area contributed by atoms with Gasteiger partial charge in [0, 0.05) is 35.2 Å². The van der Waals surface area contributed by atoms with E-state index >= 15 is 0 Å². The molecule has 1 atom stereocenters. The van der Waals surface area contributed by atoms with Crippen LogP contribution in [0.4, 0.5) is 8.78 Å². The molecule has 5 heteroatoms. The van der Waals surface area contributed by atoms with E-state index in [0.29, 0.717) is 29.3 Å². The highest BCUT2D eigenvalue weighted by molar-refractivity contribution is 6.31. The maximum absolute atomic E-state index is 14.0. The highest BCUT2D eigenvalue weighted by Gasteiger charge is 2.26. The second-order valence-electron chi connectivity index (χ2n) is 4.75. The van der Waals surface area contributed by atoms with E-state index in [4.69, 9.17) is 22.1 Å². The molecule has 104 valence electrons. The summed E-state index contributed by atoms with van der Waals surface area (Å²) < 4.78 is 32.7. The molecule has 0 bridgehead atoms. The van der Waals surface area contributed by atoms with Gasteiger partial charge in [0.1, 0.15) is 23.5 Å². The molecule has 0 radical (unpaired) electrons. The standard InChI is InChI=1S/C15H12ClF2NO/c16-9-3-8-4-11(7-19)20-15(8)13(5-9)12-2-1-10(17)6-14(12)18/h1-3,5-6,11H,4,7,19H2/t11-/m1/s1. The summed E-state index contributed by atoms with van der Waals surface area (Å²) >= 11 is 6.07. The molecule has 0 aliphatic carbocycles. The van der Waals surface area contributed by atoms with Gasteiger partial charge in [0.15, 0.2) is 0 Å². The lowest BCUT2D eigenvalue weighted by Gasteiger charge is -2.12. The molecular weight excluding hydrogens is 284 g/mol. The first-order valence-electron chi connectivity index (χ1n) is 6.23. The van der Waals surface area contributed by atoms with Gasteiger partial charge in [-0.3, -0.25) is 0 Å². The lowest BCUT2D eigenvalue weighted by molar-refractivity contribution is 0.242. The van der Waals surface area contributed by atoms with Gasteiger partial charge in [0.2, 0.25) is 0 Å². The molecule has 2 aromatic rings. The van der Waals surface area contributed by atoms with E-state index in [9.17, 15) is 8.78 Å². The second-order valence-corrected chi connectivity index (χ2v) is 5.18. The Kier molecular flexibility index (Phi) is 3.36. The van der Waals surface area contributed by atoms with Gasteiger partial charge in [-0.25, -0.2) is 8.78 Å². The van der Waals surface area contributed by atoms with Crippen LogP contribution in [0.1, 0.15) is 5.56 Å². The van der Waals surface area contributed by atoms with Crippen molar-refractivity contribution in [3.63, 3.8) is 0 Å². The van der Waals surface area contributed by atoms with E-state index in [0.717, 1.165) is 11.6 Å². The van der Waals surface area contributed by atoms with Crippen molar-refractivity contribution in [2.75, 3.05) is 6.54 Å². The van der Waals surface area contributed by atoms with Crippen molar-refractivity contribution < 1.29 is 13.5 Å². The Hall–Kier alpha value is -1.65. The molecule has 0 saturated carbocycles. The van der Waals surface area contributed by atoms with Gasteiger partial charge in [-0.1, -0.05) is 11.6 Å². The summed E-state index contributed by atoms with van der Waals surface area (Å²) in [5, 5.41) is 0.490. The van der Waals surface area contributed by atoms with Crippen molar-refractivity contribution in [2.45, 2.75) is 12.5 Å². The molecular formula is C15H12ClF2NO. The van der Waals surface area contributed by atoms with E-state index in [2.05, 4.69) is 0 Å². The molecule has 0 fully saturated rings. The molecule has 2 nitrogen and oxygen atoms in total. The summed E-state index contributed by atoms with van der Waals surface area (Å²) in [6.45, 7) is 0.373. The molecule has 2 N–H and O–H groups in total. The number of fused-ring (bicyclic) bond motifs is 1. The van der Waals surface area contributed by atoms with E-state index < -0.39 is 11.6 Å². The first-order chi connectivity index (χ1) is 9.58. The summed E-state index contributed by atoms with van der Waals surface area (Å²) in [4.78, 5) is 0. The van der Waals surface area contributed by atoms with Gasteiger partial charge >= 0.3 is 0 Å². The lowest BCUT2D eigenvalue weighted by atomic mass is 10.00. The van der Waals surface area contributed by atoms with Crippen molar-refractivity contribution in [1.82, 2.24) is 0 Å². The predicted octanol–water partition coefficient (Wildman–Crippen LogP) is 3.55. The minimum atomic E-state index is -0.644. The summed E-state index contributed by atoms with van der Waals surface area (Å²) in [6, 6.07) is 6.85. The molecule has 0 amide bonds. The van der Waals surface area contributed by atoms with Crippen LogP contribution >= 0.6 is 11.6 Å². The SMILES string of the molecule is NC[C@H]1Cc2cc(Cl)cc(-c3ccc(F)cc3F)c2O1. The Bertz CT molecular complexity index is 675. The number of ether oxygens (including phenoxy) is 1. The largest absolute Gasteiger partial charge is 0.488 e. The summed E-state index contributed by atoms with van der Waals surface area (Å²) in [5.74, 6) is -0.685. The highest BCUT2D eigenvalue weighted by atomic mass is 35.5. The third-order valence-electron chi connectivity index (χ3n) is 3.35. The van der Waals surface area contributed by atoms with Gasteiger partial charge < -0.3 is 10.5 Å². The number of hydrogen-bond acceptors (Lipinski definition) is 2. The van der Waals surface area contributed by atoms with Crippen molar-refractivity contribution in [3.8, 4) is 16.9 Å². The predicted molar refractivity (Wildman–Crippen MR) is 74.0 cm³/mol. The van der Waals surface area contributed by atoms with E-state index in [1.165, 1.54) is 12.1 Å². The molecule has 0 saturated heterocycles. The smallest absolute Gasteiger partial charge is 0.134 e. The number of hydrogen-bond donors (Lipinski definition) is 1. The molecule has 1 aliphatic rings. The van der Waals surface area contributed by atoms with Gasteiger partial charge in [0.25, 0.3) is 0 Å². The molecule has 1 aliphatic heterocycles. The first kappa shape index (κ1) is 13.3. The van der Waals surface area contributed by atoms with Crippen LogP contribution < -0.4 is 10.5 Å². The maximum atomic E-state index is 14.0. The third-order valence-corrected chi connectivity index (χ3v) is 3.57. The molecule has 0 spiro atoms. The second kappa shape index (κ2) is 5.04. The fraction of sp³-hybridized carbons (Fsp3) is 0.200. The van der Waals surface area contributed by atoms with Crippen molar-refractivity contribution in [2.24, 2.45) is 5.73 Å². The van der Waals surface area contributed by atoms with Gasteiger partial charge in [-0.15, -0.1) is 0 Å². The molecule has 0 unspecified atom stereocenters. The minimum absolute atomic E-state index is 0.134. The number of nitrogens with two attached hydrogens (primary N) is 1. The van der Waals surface area contributed by atoms with Crippen molar-refractivity contribution in [1.29, 1.82) is 0 Å². The Morgan fingerprint density at radius 2 is 2.00 bits per heavy atom. The van der Waals surface area contributed by atoms with Crippen molar-refractivity contribution in [3.05, 3.63) is 52.6 Å². The molecule has 20 heavy (non-hydrogen) atoms. The monoisotopic (exact) mass is 295 g/mol. The number of benzene rings is 2. The van der Waals surface area contributed by atoms with Gasteiger partial charge in [-0.2, -0.15) is 0 Å².